The van der Waals surface area contributed by atoms with Gasteiger partial charge in [0.1, 0.15) is 5.82 Å². The second-order valence-electron chi connectivity index (χ2n) is 9.59. The Morgan fingerprint density at radius 3 is 2.36 bits per heavy atom. The summed E-state index contributed by atoms with van der Waals surface area (Å²) in [5.41, 5.74) is -5.84. The Hall–Kier alpha value is -2.28. The molecular weight excluding hydrogens is 510 g/mol. The molecule has 1 saturated carbocycles. The molecule has 36 heavy (non-hydrogen) atoms. The lowest BCUT2D eigenvalue weighted by molar-refractivity contribution is -0.137. The number of aromatic amines is 1. The van der Waals surface area contributed by atoms with E-state index >= 15 is 0 Å². The maximum Gasteiger partial charge on any atom is 0.511 e. The molecule has 1 unspecified atom stereocenters. The Morgan fingerprint density at radius 2 is 1.78 bits per heavy atom. The van der Waals surface area contributed by atoms with Gasteiger partial charge in [0.2, 0.25) is 0 Å². The van der Waals surface area contributed by atoms with Crippen molar-refractivity contribution in [2.45, 2.75) is 76.3 Å². The van der Waals surface area contributed by atoms with E-state index in [1.54, 1.807) is 18.0 Å². The zero-order valence-electron chi connectivity index (χ0n) is 19.7. The molecule has 1 fully saturated rings. The van der Waals surface area contributed by atoms with Crippen LogP contribution in [-0.4, -0.2) is 40.8 Å². The fraction of sp³-hybridized carbons (Fsp3) is 0.609. The monoisotopic (exact) mass is 538 g/mol. The van der Waals surface area contributed by atoms with Crippen molar-refractivity contribution >= 4 is 15.7 Å². The number of nitrogens with one attached hydrogen (secondary N) is 1. The van der Waals surface area contributed by atoms with E-state index in [4.69, 9.17) is 0 Å². The van der Waals surface area contributed by atoms with Crippen LogP contribution in [-0.2, 0) is 29.3 Å². The highest BCUT2D eigenvalue weighted by atomic mass is 32.2. The SMILES string of the molecule is Cc1ncc(CN2c3ccc(C(F)(F)F)cc3CN(S(=O)(=O)C(F)(F)F)CC2CCC2CCCC2)[nH]1. The number of aryl methyl sites for hydroxylation is 1. The molecule has 0 saturated heterocycles. The Balaban J connectivity index is 1.79. The van der Waals surface area contributed by atoms with Gasteiger partial charge in [-0.05, 0) is 49.4 Å². The number of H-pyrrole nitrogens is 1. The minimum absolute atomic E-state index is 0.128. The van der Waals surface area contributed by atoms with Gasteiger partial charge in [0, 0.05) is 24.8 Å². The van der Waals surface area contributed by atoms with Crippen LogP contribution in [0.4, 0.5) is 32.0 Å². The Labute approximate surface area is 205 Å². The van der Waals surface area contributed by atoms with Crippen LogP contribution in [0.3, 0.4) is 0 Å². The predicted octanol–water partition coefficient (Wildman–Crippen LogP) is 5.75. The molecule has 0 radical (unpaired) electrons. The van der Waals surface area contributed by atoms with Crippen LogP contribution in [0.5, 0.6) is 0 Å². The number of halogens is 6. The second-order valence-corrected chi connectivity index (χ2v) is 11.5. The molecule has 2 heterocycles. The smallest absolute Gasteiger partial charge is 0.361 e. The summed E-state index contributed by atoms with van der Waals surface area (Å²) >= 11 is 0. The average molecular weight is 539 g/mol. The lowest BCUT2D eigenvalue weighted by Crippen LogP contribution is -2.47. The molecule has 1 aromatic heterocycles. The number of fused-ring (bicyclic) bond motifs is 1. The van der Waals surface area contributed by atoms with E-state index < -0.39 is 46.4 Å². The van der Waals surface area contributed by atoms with E-state index in [-0.39, 0.29) is 22.1 Å². The zero-order chi connectivity index (χ0) is 26.3. The summed E-state index contributed by atoms with van der Waals surface area (Å²) in [5, 5.41) is 0. The summed E-state index contributed by atoms with van der Waals surface area (Å²) in [6, 6.07) is 2.18. The molecule has 2 aromatic rings. The van der Waals surface area contributed by atoms with Crippen LogP contribution >= 0.6 is 0 Å². The van der Waals surface area contributed by atoms with Gasteiger partial charge in [-0.3, -0.25) is 0 Å². The molecule has 6 nitrogen and oxygen atoms in total. The van der Waals surface area contributed by atoms with Crippen molar-refractivity contribution in [2.24, 2.45) is 5.92 Å². The van der Waals surface area contributed by atoms with Crippen molar-refractivity contribution in [3.05, 3.63) is 47.0 Å². The van der Waals surface area contributed by atoms with Gasteiger partial charge in [-0.1, -0.05) is 25.7 Å². The van der Waals surface area contributed by atoms with Gasteiger partial charge in [0.25, 0.3) is 0 Å². The molecular formula is C23H28F6N4O2S. The highest BCUT2D eigenvalue weighted by Crippen LogP contribution is 2.40. The van der Waals surface area contributed by atoms with Crippen molar-refractivity contribution in [1.82, 2.24) is 14.3 Å². The lowest BCUT2D eigenvalue weighted by Gasteiger charge is -2.34. The number of aromatic nitrogens is 2. The summed E-state index contributed by atoms with van der Waals surface area (Å²) < 4.78 is 106. The van der Waals surface area contributed by atoms with Crippen LogP contribution in [0.15, 0.2) is 24.4 Å². The van der Waals surface area contributed by atoms with Gasteiger partial charge < -0.3 is 9.88 Å². The van der Waals surface area contributed by atoms with Crippen LogP contribution in [0, 0.1) is 12.8 Å². The number of benzene rings is 1. The van der Waals surface area contributed by atoms with Gasteiger partial charge >= 0.3 is 21.7 Å². The number of nitrogens with zero attached hydrogens (tertiary/aromatic N) is 3. The molecule has 13 heteroatoms. The number of hydrogen-bond acceptors (Lipinski definition) is 4. The molecule has 2 aliphatic rings. The maximum atomic E-state index is 13.6. The van der Waals surface area contributed by atoms with Crippen molar-refractivity contribution in [1.29, 1.82) is 0 Å². The molecule has 1 aromatic carbocycles. The van der Waals surface area contributed by atoms with Crippen molar-refractivity contribution in [3.8, 4) is 0 Å². The van der Waals surface area contributed by atoms with Gasteiger partial charge in [-0.25, -0.2) is 13.4 Å². The highest BCUT2D eigenvalue weighted by Gasteiger charge is 2.51. The Kier molecular flexibility index (Phi) is 7.35. The first-order valence-corrected chi connectivity index (χ1v) is 13.2. The van der Waals surface area contributed by atoms with Crippen molar-refractivity contribution in [3.63, 3.8) is 0 Å². The van der Waals surface area contributed by atoms with Crippen LogP contribution in [0.25, 0.3) is 0 Å². The van der Waals surface area contributed by atoms with E-state index in [0.717, 1.165) is 37.8 Å². The molecule has 4 rings (SSSR count). The fourth-order valence-electron chi connectivity index (χ4n) is 5.21. The molecule has 200 valence electrons. The fourth-order valence-corrected chi connectivity index (χ4v) is 6.18. The third-order valence-corrected chi connectivity index (χ3v) is 8.57. The normalized spacial score (nSPS) is 20.5. The largest absolute Gasteiger partial charge is 0.511 e. The Morgan fingerprint density at radius 1 is 1.08 bits per heavy atom. The summed E-state index contributed by atoms with van der Waals surface area (Å²) in [5.74, 6) is 1.00. The van der Waals surface area contributed by atoms with Crippen LogP contribution in [0.2, 0.25) is 0 Å². The van der Waals surface area contributed by atoms with E-state index in [1.807, 2.05) is 0 Å². The molecule has 1 atom stereocenters. The second kappa shape index (κ2) is 9.88. The van der Waals surface area contributed by atoms with Crippen LogP contribution < -0.4 is 4.90 Å². The van der Waals surface area contributed by atoms with Crippen molar-refractivity contribution < 1.29 is 34.8 Å². The minimum Gasteiger partial charge on any atom is -0.361 e. The summed E-state index contributed by atoms with van der Waals surface area (Å²) in [6.07, 6.45) is 2.07. The third kappa shape index (κ3) is 5.66. The predicted molar refractivity (Wildman–Crippen MR) is 121 cm³/mol. The van der Waals surface area contributed by atoms with E-state index in [0.29, 0.717) is 30.3 Å². The lowest BCUT2D eigenvalue weighted by atomic mass is 9.97. The number of hydrogen-bond donors (Lipinski definition) is 1. The topological polar surface area (TPSA) is 69.3 Å². The number of alkyl halides is 6. The average Bonchev–Trinajstić information content (AvgIpc) is 3.41. The standard InChI is InChI=1S/C23H28F6N4O2S/c1-15-30-11-19(31-15)13-33-20(8-6-16-4-2-3-5-16)14-32(36(34,35)23(27,28)29)12-17-10-18(22(24,25)26)7-9-21(17)33/h7,9-11,16,20H,2-6,8,12-14H2,1H3,(H,30,31). The van der Waals surface area contributed by atoms with E-state index in [9.17, 15) is 34.8 Å². The summed E-state index contributed by atoms with van der Waals surface area (Å²) in [7, 11) is -5.77. The zero-order valence-corrected chi connectivity index (χ0v) is 20.5. The minimum atomic E-state index is -5.77. The summed E-state index contributed by atoms with van der Waals surface area (Å²) in [6.45, 7) is 0.566. The highest BCUT2D eigenvalue weighted by molar-refractivity contribution is 7.89. The number of rotatable bonds is 6. The van der Waals surface area contributed by atoms with Gasteiger partial charge in [-0.15, -0.1) is 0 Å². The van der Waals surface area contributed by atoms with Crippen LogP contribution in [0.1, 0.15) is 61.2 Å². The first kappa shape index (κ1) is 26.8. The quantitative estimate of drug-likeness (QED) is 0.476. The maximum absolute atomic E-state index is 13.6. The molecule has 0 spiro atoms. The van der Waals surface area contributed by atoms with E-state index in [1.165, 1.54) is 6.07 Å². The summed E-state index contributed by atoms with van der Waals surface area (Å²) in [4.78, 5) is 8.92. The number of imidazole rings is 1. The number of sulfonamides is 1. The molecule has 1 N–H and O–H groups in total. The molecule has 1 aliphatic heterocycles. The van der Waals surface area contributed by atoms with Crippen molar-refractivity contribution in [2.75, 3.05) is 11.4 Å². The Bertz CT molecular complexity index is 1170. The first-order valence-electron chi connectivity index (χ1n) is 11.8. The molecule has 1 aliphatic carbocycles. The number of anilines is 1. The van der Waals surface area contributed by atoms with Gasteiger partial charge in [-0.2, -0.15) is 30.6 Å². The third-order valence-electron chi connectivity index (χ3n) is 7.03. The van der Waals surface area contributed by atoms with E-state index in [2.05, 4.69) is 9.97 Å². The first-order chi connectivity index (χ1) is 16.8. The molecule has 0 amide bonds. The van der Waals surface area contributed by atoms with Gasteiger partial charge in [0.15, 0.2) is 0 Å². The molecule has 0 bridgehead atoms. The van der Waals surface area contributed by atoms with Gasteiger partial charge in [0.05, 0.1) is 24.0 Å².